The van der Waals surface area contributed by atoms with Crippen LogP contribution in [0.25, 0.3) is 22.2 Å². The van der Waals surface area contributed by atoms with Gasteiger partial charge in [0, 0.05) is 34.7 Å². The van der Waals surface area contributed by atoms with Gasteiger partial charge in [-0.05, 0) is 106 Å². The van der Waals surface area contributed by atoms with Gasteiger partial charge >= 0.3 is 0 Å². The number of H-pyrrole nitrogens is 1. The Kier molecular flexibility index (Phi) is 8.05. The molecule has 3 heterocycles. The van der Waals surface area contributed by atoms with Crippen LogP contribution in [0.2, 0.25) is 0 Å². The molecule has 1 atom stereocenters. The summed E-state index contributed by atoms with van der Waals surface area (Å²) in [5.41, 5.74) is 6.10. The Labute approximate surface area is 220 Å². The molecule has 3 aromatic rings. The molecule has 0 radical (unpaired) electrons. The first-order chi connectivity index (χ1) is 18.0. The van der Waals surface area contributed by atoms with E-state index >= 15 is 0 Å². The number of piperidine rings is 2. The monoisotopic (exact) mass is 507 g/mol. The molecule has 3 N–H and O–H groups in total. The lowest BCUT2D eigenvalue weighted by atomic mass is 9.87. The van der Waals surface area contributed by atoms with Gasteiger partial charge in [-0.15, -0.1) is 0 Å². The number of benzene rings is 2. The molecule has 1 aromatic heterocycles. The number of aromatic amines is 1. The molecule has 0 aliphatic carbocycles. The number of β-amino-alcohol motifs (C(OH)–C–C–N with tert-alkyl or cyclic N) is 1. The maximum Gasteiger partial charge on any atom is 0.161 e. The first-order valence-electron chi connectivity index (χ1n) is 13.6. The van der Waals surface area contributed by atoms with Crippen molar-refractivity contribution in [2.24, 2.45) is 0 Å². The van der Waals surface area contributed by atoms with E-state index in [2.05, 4.69) is 46.0 Å². The van der Waals surface area contributed by atoms with Crippen LogP contribution in [0.5, 0.6) is 11.5 Å². The van der Waals surface area contributed by atoms with E-state index in [-0.39, 0.29) is 6.61 Å². The van der Waals surface area contributed by atoms with Crippen molar-refractivity contribution in [2.45, 2.75) is 50.7 Å². The summed E-state index contributed by atoms with van der Waals surface area (Å²) in [5.74, 6) is 2.07. The molecule has 2 aliphatic rings. The van der Waals surface area contributed by atoms with Gasteiger partial charge in [-0.3, -0.25) is 0 Å². The zero-order valence-corrected chi connectivity index (χ0v) is 22.4. The van der Waals surface area contributed by atoms with Crippen molar-refractivity contribution < 1.29 is 19.7 Å². The molecule has 1 unspecified atom stereocenters. The van der Waals surface area contributed by atoms with Gasteiger partial charge < -0.3 is 34.5 Å². The van der Waals surface area contributed by atoms with Gasteiger partial charge in [0.1, 0.15) is 0 Å². The van der Waals surface area contributed by atoms with Crippen LogP contribution in [0, 0.1) is 6.92 Å². The molecule has 5 rings (SSSR count). The second-order valence-electron chi connectivity index (χ2n) is 10.7. The highest BCUT2D eigenvalue weighted by Gasteiger charge is 2.29. The number of aromatic nitrogens is 1. The predicted octanol–water partition coefficient (Wildman–Crippen LogP) is 4.16. The van der Waals surface area contributed by atoms with E-state index in [0.29, 0.717) is 18.5 Å². The number of aryl methyl sites for hydroxylation is 1. The van der Waals surface area contributed by atoms with E-state index in [0.717, 1.165) is 61.8 Å². The van der Waals surface area contributed by atoms with Crippen molar-refractivity contribution >= 4 is 10.9 Å². The van der Waals surface area contributed by atoms with E-state index in [4.69, 9.17) is 14.6 Å². The van der Waals surface area contributed by atoms with Gasteiger partial charge in [-0.25, -0.2) is 0 Å². The third-order valence-corrected chi connectivity index (χ3v) is 8.51. The Morgan fingerprint density at radius 1 is 0.946 bits per heavy atom. The number of ether oxygens (including phenoxy) is 2. The Bertz CT molecular complexity index is 1190. The number of methoxy groups -OCH3 is 2. The molecular weight excluding hydrogens is 466 g/mol. The summed E-state index contributed by atoms with van der Waals surface area (Å²) in [4.78, 5) is 8.60. The van der Waals surface area contributed by atoms with Gasteiger partial charge in [0.05, 0.1) is 26.9 Å². The predicted molar refractivity (Wildman–Crippen MR) is 148 cm³/mol. The van der Waals surface area contributed by atoms with Gasteiger partial charge in [0.25, 0.3) is 0 Å². The minimum Gasteiger partial charge on any atom is -0.493 e. The molecule has 0 spiro atoms. The summed E-state index contributed by atoms with van der Waals surface area (Å²) >= 11 is 0. The summed E-state index contributed by atoms with van der Waals surface area (Å²) in [6, 6.07) is 13.7. The van der Waals surface area contributed by atoms with E-state index < -0.39 is 6.10 Å². The second kappa shape index (κ2) is 11.4. The first kappa shape index (κ1) is 26.0. The molecule has 2 saturated heterocycles. The maximum absolute atomic E-state index is 9.73. The molecule has 2 aromatic carbocycles. The SMILES string of the molecule is COc1ccc(-c2[nH]c3ccc(C4CCN(C5CCN(CC(O)CO)CC5)CC4)cc3c2C)cc1OC. The van der Waals surface area contributed by atoms with Crippen LogP contribution in [0.4, 0.5) is 0 Å². The topological polar surface area (TPSA) is 81.2 Å². The number of aliphatic hydroxyl groups is 2. The lowest BCUT2D eigenvalue weighted by Crippen LogP contribution is -2.49. The fourth-order valence-electron chi connectivity index (χ4n) is 6.30. The van der Waals surface area contributed by atoms with Crippen LogP contribution in [0.1, 0.15) is 42.7 Å². The number of rotatable bonds is 8. The average molecular weight is 508 g/mol. The molecular formula is C30H41N3O4. The summed E-state index contributed by atoms with van der Waals surface area (Å²) in [7, 11) is 3.33. The number of aliphatic hydroxyl groups excluding tert-OH is 2. The average Bonchev–Trinajstić information content (AvgIpc) is 3.28. The molecule has 7 heteroatoms. The Morgan fingerprint density at radius 2 is 1.68 bits per heavy atom. The summed E-state index contributed by atoms with van der Waals surface area (Å²) in [6.45, 7) is 6.94. The number of hydrogen-bond donors (Lipinski definition) is 3. The molecule has 2 aliphatic heterocycles. The zero-order chi connectivity index (χ0) is 25.9. The maximum atomic E-state index is 9.73. The molecule has 7 nitrogen and oxygen atoms in total. The van der Waals surface area contributed by atoms with E-state index in [9.17, 15) is 5.11 Å². The quantitative estimate of drug-likeness (QED) is 0.425. The van der Waals surface area contributed by atoms with Crippen molar-refractivity contribution in [1.29, 1.82) is 0 Å². The number of nitrogens with zero attached hydrogens (tertiary/aromatic N) is 2. The minimum atomic E-state index is -0.622. The standard InChI is InChI=1S/C30H41N3O4/c1-20-26-16-22(4-6-27(26)31-30(20)23-5-7-28(36-2)29(17-23)37-3)21-8-14-33(15-9-21)24-10-12-32(13-11-24)18-25(35)19-34/h4-7,16-17,21,24-25,31,34-35H,8-15,18-19H2,1-3H3. The highest BCUT2D eigenvalue weighted by molar-refractivity contribution is 5.91. The highest BCUT2D eigenvalue weighted by atomic mass is 16.5. The van der Waals surface area contributed by atoms with Crippen molar-refractivity contribution in [3.63, 3.8) is 0 Å². The van der Waals surface area contributed by atoms with Crippen molar-refractivity contribution in [1.82, 2.24) is 14.8 Å². The van der Waals surface area contributed by atoms with Crippen LogP contribution in [0.3, 0.4) is 0 Å². The summed E-state index contributed by atoms with van der Waals surface area (Å²) in [5, 5.41) is 20.1. The second-order valence-corrected chi connectivity index (χ2v) is 10.7. The van der Waals surface area contributed by atoms with Crippen LogP contribution in [-0.4, -0.2) is 90.7 Å². The number of nitrogens with one attached hydrogen (secondary N) is 1. The summed E-state index contributed by atoms with van der Waals surface area (Å²) in [6.07, 6.45) is 4.07. The normalized spacial score (nSPS) is 19.4. The van der Waals surface area contributed by atoms with E-state index in [1.54, 1.807) is 14.2 Å². The third-order valence-electron chi connectivity index (χ3n) is 8.51. The smallest absolute Gasteiger partial charge is 0.161 e. The Morgan fingerprint density at radius 3 is 2.35 bits per heavy atom. The lowest BCUT2D eigenvalue weighted by molar-refractivity contribution is 0.0341. The largest absolute Gasteiger partial charge is 0.493 e. The van der Waals surface area contributed by atoms with Crippen LogP contribution < -0.4 is 9.47 Å². The lowest BCUT2D eigenvalue weighted by Gasteiger charge is -2.42. The number of fused-ring (bicyclic) bond motifs is 1. The highest BCUT2D eigenvalue weighted by Crippen LogP contribution is 2.38. The van der Waals surface area contributed by atoms with E-state index in [1.165, 1.54) is 34.9 Å². The molecule has 200 valence electrons. The third kappa shape index (κ3) is 5.50. The zero-order valence-electron chi connectivity index (χ0n) is 22.4. The van der Waals surface area contributed by atoms with Crippen molar-refractivity contribution in [3.8, 4) is 22.8 Å². The van der Waals surface area contributed by atoms with Gasteiger partial charge in [0.15, 0.2) is 11.5 Å². The van der Waals surface area contributed by atoms with Crippen LogP contribution in [0.15, 0.2) is 36.4 Å². The van der Waals surface area contributed by atoms with Gasteiger partial charge in [-0.2, -0.15) is 0 Å². The molecule has 0 amide bonds. The molecule has 0 saturated carbocycles. The van der Waals surface area contributed by atoms with Crippen LogP contribution in [-0.2, 0) is 0 Å². The van der Waals surface area contributed by atoms with Gasteiger partial charge in [0.2, 0.25) is 0 Å². The number of likely N-dealkylation sites (tertiary alicyclic amines) is 2. The Balaban J connectivity index is 1.24. The molecule has 37 heavy (non-hydrogen) atoms. The molecule has 2 fully saturated rings. The minimum absolute atomic E-state index is 0.154. The van der Waals surface area contributed by atoms with Crippen LogP contribution >= 0.6 is 0 Å². The van der Waals surface area contributed by atoms with Crippen molar-refractivity contribution in [3.05, 3.63) is 47.5 Å². The summed E-state index contributed by atoms with van der Waals surface area (Å²) < 4.78 is 10.9. The van der Waals surface area contributed by atoms with Crippen molar-refractivity contribution in [2.75, 3.05) is 53.6 Å². The Hall–Kier alpha value is -2.58. The fraction of sp³-hybridized carbons (Fsp3) is 0.533. The molecule has 0 bridgehead atoms. The van der Waals surface area contributed by atoms with Gasteiger partial charge in [-0.1, -0.05) is 6.07 Å². The fourth-order valence-corrected chi connectivity index (χ4v) is 6.30. The number of hydrogen-bond acceptors (Lipinski definition) is 6. The van der Waals surface area contributed by atoms with E-state index in [1.807, 2.05) is 12.1 Å². The first-order valence-corrected chi connectivity index (χ1v) is 13.6.